The Hall–Kier alpha value is -1.48. The lowest BCUT2D eigenvalue weighted by Crippen LogP contribution is -2.64. The molecule has 0 spiro atoms. The number of unbranched alkanes of at least 4 members (excludes halogenated alkanes) is 23. The highest BCUT2D eigenvalue weighted by Gasteiger charge is 2.51. The minimum atomic E-state index is -5.15. The topological polar surface area (TPSA) is 226 Å². The maximum Gasteiger partial charge on any atom is 0.472 e. The number of rotatable bonds is 40. The molecule has 62 heavy (non-hydrogen) atoms. The van der Waals surface area contributed by atoms with E-state index in [1.807, 2.05) is 0 Å². The number of aliphatic hydroxyl groups is 7. The molecule has 13 nitrogen and oxygen atoms in total. The van der Waals surface area contributed by atoms with E-state index in [4.69, 9.17) is 9.05 Å². The number of carbonyl (C=O) groups excluding carboxylic acids is 1. The van der Waals surface area contributed by atoms with Crippen LogP contribution in [0.1, 0.15) is 200 Å². The van der Waals surface area contributed by atoms with Crippen LogP contribution >= 0.6 is 7.82 Å². The van der Waals surface area contributed by atoms with Crippen molar-refractivity contribution in [3.05, 3.63) is 36.5 Å². The Bertz CT molecular complexity index is 1200. The maximum absolute atomic E-state index is 13.0. The quantitative estimate of drug-likeness (QED) is 0.0160. The molecule has 0 aromatic rings. The third-order valence-electron chi connectivity index (χ3n) is 11.7. The molecule has 1 aliphatic carbocycles. The summed E-state index contributed by atoms with van der Waals surface area (Å²) >= 11 is 0. The fourth-order valence-electron chi connectivity index (χ4n) is 7.67. The average molecular weight is 904 g/mol. The van der Waals surface area contributed by atoms with E-state index in [0.29, 0.717) is 19.3 Å². The fraction of sp³-hybridized carbons (Fsp3) is 0.854. The van der Waals surface area contributed by atoms with Gasteiger partial charge in [0.25, 0.3) is 0 Å². The predicted octanol–water partition coefficient (Wildman–Crippen LogP) is 8.53. The zero-order chi connectivity index (χ0) is 45.9. The van der Waals surface area contributed by atoms with Gasteiger partial charge in [0, 0.05) is 0 Å². The Balaban J connectivity index is 2.54. The van der Waals surface area contributed by atoms with Crippen molar-refractivity contribution >= 4 is 13.7 Å². The van der Waals surface area contributed by atoms with Gasteiger partial charge in [-0.3, -0.25) is 13.8 Å². The first-order valence-corrected chi connectivity index (χ1v) is 26.0. The summed E-state index contributed by atoms with van der Waals surface area (Å²) in [5.41, 5.74) is 0. The van der Waals surface area contributed by atoms with Gasteiger partial charge in [-0.25, -0.2) is 4.57 Å². The van der Waals surface area contributed by atoms with Crippen molar-refractivity contribution in [1.29, 1.82) is 0 Å². The van der Waals surface area contributed by atoms with Gasteiger partial charge in [0.15, 0.2) is 0 Å². The molecule has 0 bridgehead atoms. The van der Waals surface area contributed by atoms with Crippen LogP contribution < -0.4 is 5.32 Å². The molecular formula is C48H90NO12P. The lowest BCUT2D eigenvalue weighted by molar-refractivity contribution is -0.220. The molecule has 0 aromatic carbocycles. The highest BCUT2D eigenvalue weighted by molar-refractivity contribution is 7.47. The Morgan fingerprint density at radius 1 is 0.565 bits per heavy atom. The fourth-order valence-corrected chi connectivity index (χ4v) is 8.64. The van der Waals surface area contributed by atoms with Crippen molar-refractivity contribution in [3.8, 4) is 0 Å². The van der Waals surface area contributed by atoms with Crippen molar-refractivity contribution in [2.75, 3.05) is 6.61 Å². The summed E-state index contributed by atoms with van der Waals surface area (Å²) in [6, 6.07) is -1.26. The second kappa shape index (κ2) is 37.7. The van der Waals surface area contributed by atoms with E-state index in [9.17, 15) is 50.0 Å². The molecule has 0 heterocycles. The van der Waals surface area contributed by atoms with Gasteiger partial charge in [-0.2, -0.15) is 0 Å². The number of carbonyl (C=O) groups is 1. The summed E-state index contributed by atoms with van der Waals surface area (Å²) in [5.74, 6) is -0.619. The van der Waals surface area contributed by atoms with E-state index in [1.54, 1.807) is 6.08 Å². The molecule has 1 rings (SSSR count). The zero-order valence-electron chi connectivity index (χ0n) is 38.5. The highest BCUT2D eigenvalue weighted by Crippen LogP contribution is 2.47. The van der Waals surface area contributed by atoms with Crippen molar-refractivity contribution in [2.45, 2.75) is 255 Å². The van der Waals surface area contributed by atoms with Crippen LogP contribution in [0, 0.1) is 0 Å². The summed E-state index contributed by atoms with van der Waals surface area (Å²) < 4.78 is 22.9. The molecule has 8 atom stereocenters. The second-order valence-electron chi connectivity index (χ2n) is 17.5. The van der Waals surface area contributed by atoms with Crippen molar-refractivity contribution < 1.29 is 59.0 Å². The molecule has 8 unspecified atom stereocenters. The van der Waals surface area contributed by atoms with Gasteiger partial charge >= 0.3 is 7.82 Å². The zero-order valence-corrected chi connectivity index (χ0v) is 39.4. The number of phosphoric ester groups is 1. The third-order valence-corrected chi connectivity index (χ3v) is 12.7. The monoisotopic (exact) mass is 904 g/mol. The lowest BCUT2D eigenvalue weighted by atomic mass is 9.85. The van der Waals surface area contributed by atoms with E-state index in [-0.39, 0.29) is 6.42 Å². The second-order valence-corrected chi connectivity index (χ2v) is 18.9. The molecular weight excluding hydrogens is 813 g/mol. The molecule has 1 aliphatic rings. The summed E-state index contributed by atoms with van der Waals surface area (Å²) in [7, 11) is -5.15. The molecule has 14 heteroatoms. The van der Waals surface area contributed by atoms with Crippen molar-refractivity contribution in [1.82, 2.24) is 5.32 Å². The number of phosphoric acid groups is 1. The van der Waals surface area contributed by atoms with Crippen LogP contribution in [0.2, 0.25) is 0 Å². The van der Waals surface area contributed by atoms with E-state index >= 15 is 0 Å². The van der Waals surface area contributed by atoms with Crippen molar-refractivity contribution in [2.24, 2.45) is 0 Å². The first kappa shape index (κ1) is 58.5. The average Bonchev–Trinajstić information content (AvgIpc) is 3.24. The summed E-state index contributed by atoms with van der Waals surface area (Å²) in [6.07, 6.45) is 29.6. The molecule has 0 aliphatic heterocycles. The lowest BCUT2D eigenvalue weighted by Gasteiger charge is -2.41. The molecule has 9 N–H and O–H groups in total. The van der Waals surface area contributed by atoms with E-state index in [0.717, 1.165) is 38.5 Å². The summed E-state index contributed by atoms with van der Waals surface area (Å²) in [4.78, 5) is 23.4. The summed E-state index contributed by atoms with van der Waals surface area (Å²) in [5, 5.41) is 74.4. The van der Waals surface area contributed by atoms with Crippen LogP contribution in [-0.4, -0.2) is 108 Å². The van der Waals surface area contributed by atoms with E-state index < -0.39 is 75.2 Å². The minimum absolute atomic E-state index is 0.273. The predicted molar refractivity (Wildman–Crippen MR) is 247 cm³/mol. The molecule has 0 radical (unpaired) electrons. The van der Waals surface area contributed by atoms with Crippen LogP contribution in [0.4, 0.5) is 0 Å². The molecule has 1 amide bonds. The Morgan fingerprint density at radius 3 is 1.42 bits per heavy atom. The van der Waals surface area contributed by atoms with Gasteiger partial charge in [-0.15, -0.1) is 0 Å². The Kier molecular flexibility index (Phi) is 35.6. The molecule has 0 aromatic heterocycles. The van der Waals surface area contributed by atoms with Gasteiger partial charge < -0.3 is 46.0 Å². The van der Waals surface area contributed by atoms with E-state index in [1.165, 1.54) is 128 Å². The number of allylic oxidation sites excluding steroid dienone is 5. The Morgan fingerprint density at radius 2 is 0.952 bits per heavy atom. The molecule has 364 valence electrons. The minimum Gasteiger partial charge on any atom is -0.393 e. The Labute approximate surface area is 375 Å². The highest BCUT2D eigenvalue weighted by atomic mass is 31.2. The first-order chi connectivity index (χ1) is 29.8. The van der Waals surface area contributed by atoms with Crippen LogP contribution in [0.25, 0.3) is 0 Å². The number of amides is 1. The van der Waals surface area contributed by atoms with Crippen LogP contribution in [-0.2, 0) is 18.4 Å². The number of hydrogen-bond acceptors (Lipinski definition) is 11. The maximum atomic E-state index is 13.0. The smallest absolute Gasteiger partial charge is 0.393 e. The van der Waals surface area contributed by atoms with E-state index in [2.05, 4.69) is 43.5 Å². The van der Waals surface area contributed by atoms with Crippen LogP contribution in [0.5, 0.6) is 0 Å². The SMILES string of the molecule is CCCCCCCC/C=C\CCCC(O)CC(=O)NC(COP(=O)(O)OC1C(O)C(O)C(O)C(O)C1O)C(O)/C=C/CC/C=C/CCCCCCCCCCCCCCCCC. The number of nitrogens with one attached hydrogen (secondary N) is 1. The largest absolute Gasteiger partial charge is 0.472 e. The number of hydrogen-bond donors (Lipinski definition) is 9. The van der Waals surface area contributed by atoms with Crippen LogP contribution in [0.15, 0.2) is 36.5 Å². The standard InChI is InChI=1S/C48H90NO12P/c1-3-5-7-9-11-13-15-16-17-18-19-20-21-22-23-24-26-28-30-32-34-36-41(51)40(38-60-62(58,59)61-48-46(56)44(54)43(53)45(55)47(48)57)49-42(52)37-39(50)35-33-31-29-27-25-14-12-10-8-6-4-2/h26-29,34,36,39-41,43-48,50-51,53-57H,3-25,30-33,35,37-38H2,1-2H3,(H,49,52)(H,58,59)/b28-26+,29-27-,36-34+. The third kappa shape index (κ3) is 29.1. The first-order valence-electron chi connectivity index (χ1n) is 24.5. The normalized spacial score (nSPS) is 23.3. The molecule has 1 saturated carbocycles. The molecule has 0 saturated heterocycles. The van der Waals surface area contributed by atoms with Crippen molar-refractivity contribution in [3.63, 3.8) is 0 Å². The van der Waals surface area contributed by atoms with Gasteiger partial charge in [-0.05, 0) is 57.8 Å². The molecule has 1 fully saturated rings. The van der Waals surface area contributed by atoms with Gasteiger partial charge in [0.1, 0.15) is 36.6 Å². The van der Waals surface area contributed by atoms with Crippen LogP contribution in [0.3, 0.4) is 0 Å². The van der Waals surface area contributed by atoms with Gasteiger partial charge in [0.2, 0.25) is 5.91 Å². The van der Waals surface area contributed by atoms with Gasteiger partial charge in [-0.1, -0.05) is 172 Å². The number of aliphatic hydroxyl groups excluding tert-OH is 7. The summed E-state index contributed by atoms with van der Waals surface area (Å²) in [6.45, 7) is 3.71. The van der Waals surface area contributed by atoms with Gasteiger partial charge in [0.05, 0.1) is 31.3 Å².